The van der Waals surface area contributed by atoms with Gasteiger partial charge in [0.25, 0.3) is 0 Å². The van der Waals surface area contributed by atoms with E-state index in [-0.39, 0.29) is 17.5 Å². The summed E-state index contributed by atoms with van der Waals surface area (Å²) in [6, 6.07) is 6.94. The number of fused-ring (bicyclic) bond motifs is 1. The molecule has 1 aliphatic heterocycles. The van der Waals surface area contributed by atoms with Crippen LogP contribution in [-0.4, -0.2) is 40.7 Å². The molecule has 3 aromatic rings. The summed E-state index contributed by atoms with van der Waals surface area (Å²) in [6.07, 6.45) is 3.98. The van der Waals surface area contributed by atoms with Gasteiger partial charge in [-0.05, 0) is 51.0 Å². The predicted octanol–water partition coefficient (Wildman–Crippen LogP) is 5.74. The topological polar surface area (TPSA) is 107 Å². The minimum atomic E-state index is -0.777. The van der Waals surface area contributed by atoms with E-state index in [1.54, 1.807) is 17.2 Å². The van der Waals surface area contributed by atoms with Gasteiger partial charge in [0, 0.05) is 42.0 Å². The van der Waals surface area contributed by atoms with Crippen LogP contribution in [0.5, 0.6) is 11.5 Å². The predicted molar refractivity (Wildman–Crippen MR) is 130 cm³/mol. The molecule has 1 aliphatic rings. The number of nitrogens with one attached hydrogen (secondary N) is 1. The summed E-state index contributed by atoms with van der Waals surface area (Å²) < 4.78 is 26.6. The molecule has 3 N–H and O–H groups in total. The largest absolute Gasteiger partial charge is 0.453 e. The third kappa shape index (κ3) is 5.45. The van der Waals surface area contributed by atoms with Crippen molar-refractivity contribution >= 4 is 44.9 Å². The number of nitrogens with two attached hydrogens (primary N) is 1. The van der Waals surface area contributed by atoms with Crippen molar-refractivity contribution in [2.45, 2.75) is 32.8 Å². The van der Waals surface area contributed by atoms with Crippen molar-refractivity contribution in [1.29, 1.82) is 0 Å². The molecular weight excluding hydrogens is 459 g/mol. The number of nitrogens with zero attached hydrogens (tertiary/aromatic N) is 2. The Kier molecular flexibility index (Phi) is 6.43. The first-order valence-electron chi connectivity index (χ1n) is 10.7. The second-order valence-corrected chi connectivity index (χ2v) is 9.83. The molecule has 0 atom stereocenters. The Morgan fingerprint density at radius 1 is 1.21 bits per heavy atom. The van der Waals surface area contributed by atoms with E-state index in [4.69, 9.17) is 15.2 Å². The number of rotatable bonds is 4. The van der Waals surface area contributed by atoms with Gasteiger partial charge in [-0.15, -0.1) is 11.3 Å². The normalized spacial score (nSPS) is 14.0. The number of urea groups is 1. The Morgan fingerprint density at radius 3 is 2.65 bits per heavy atom. The number of thiophene rings is 1. The molecule has 1 aromatic carbocycles. The summed E-state index contributed by atoms with van der Waals surface area (Å²) in [6.45, 7) is 6.56. The van der Waals surface area contributed by atoms with Crippen LogP contribution in [0.1, 0.15) is 32.1 Å². The van der Waals surface area contributed by atoms with Crippen LogP contribution in [0.4, 0.5) is 19.7 Å². The molecule has 0 aliphatic carbocycles. The number of halogens is 1. The highest BCUT2D eigenvalue weighted by Gasteiger charge is 2.24. The van der Waals surface area contributed by atoms with Crippen LogP contribution in [0, 0.1) is 5.82 Å². The smallest absolute Gasteiger partial charge is 0.410 e. The molecule has 0 bridgehead atoms. The van der Waals surface area contributed by atoms with Gasteiger partial charge in [0.1, 0.15) is 11.4 Å². The zero-order chi connectivity index (χ0) is 24.5. The summed E-state index contributed by atoms with van der Waals surface area (Å²) in [4.78, 5) is 30.4. The number of pyridine rings is 1. The first kappa shape index (κ1) is 23.5. The summed E-state index contributed by atoms with van der Waals surface area (Å²) >= 11 is 1.50. The molecule has 34 heavy (non-hydrogen) atoms. The number of carbonyl (C=O) groups is 2. The van der Waals surface area contributed by atoms with Gasteiger partial charge >= 0.3 is 12.1 Å². The Balaban J connectivity index is 1.53. The number of carbonyl (C=O) groups excluding carboxylic acids is 2. The lowest BCUT2D eigenvalue weighted by atomic mass is 10.1. The molecule has 3 heterocycles. The minimum absolute atomic E-state index is 0.0161. The van der Waals surface area contributed by atoms with E-state index >= 15 is 0 Å². The summed E-state index contributed by atoms with van der Waals surface area (Å²) in [5, 5.41) is 2.32. The lowest BCUT2D eigenvalue weighted by molar-refractivity contribution is 0.0270. The third-order valence-corrected chi connectivity index (χ3v) is 6.19. The third-order valence-electron chi connectivity index (χ3n) is 4.97. The SMILES string of the molecule is CC(C)(C)OC(=O)N1CC=C(c2cc3nccc(Oc4ccc(NC(N)=O)cc4F)c3s2)CC1. The molecule has 0 spiro atoms. The second-order valence-electron chi connectivity index (χ2n) is 8.78. The van der Waals surface area contributed by atoms with Crippen molar-refractivity contribution < 1.29 is 23.5 Å². The fraction of sp³-hybridized carbons (Fsp3) is 0.292. The molecular formula is C24H25FN4O4S. The van der Waals surface area contributed by atoms with Crippen molar-refractivity contribution in [2.75, 3.05) is 18.4 Å². The average molecular weight is 485 g/mol. The number of primary amides is 1. The van der Waals surface area contributed by atoms with Gasteiger partial charge in [0.15, 0.2) is 11.6 Å². The van der Waals surface area contributed by atoms with Crippen LogP contribution in [0.3, 0.4) is 0 Å². The molecule has 0 radical (unpaired) electrons. The highest BCUT2D eigenvalue weighted by atomic mass is 32.1. The van der Waals surface area contributed by atoms with Crippen LogP contribution >= 0.6 is 11.3 Å². The minimum Gasteiger partial charge on any atom is -0.453 e. The van der Waals surface area contributed by atoms with Crippen molar-refractivity contribution in [3.05, 3.63) is 53.3 Å². The number of aromatic nitrogens is 1. The maximum Gasteiger partial charge on any atom is 0.410 e. The number of ether oxygens (including phenoxy) is 2. The number of amides is 3. The summed E-state index contributed by atoms with van der Waals surface area (Å²) in [5.41, 5.74) is 6.62. The Bertz CT molecular complexity index is 1280. The fourth-order valence-corrected chi connectivity index (χ4v) is 4.59. The zero-order valence-corrected chi connectivity index (χ0v) is 19.9. The van der Waals surface area contributed by atoms with Gasteiger partial charge < -0.3 is 25.4 Å². The molecule has 4 rings (SSSR count). The van der Waals surface area contributed by atoms with E-state index < -0.39 is 17.4 Å². The van der Waals surface area contributed by atoms with Gasteiger partial charge in [-0.3, -0.25) is 4.98 Å². The number of hydrogen-bond acceptors (Lipinski definition) is 6. The quantitative estimate of drug-likeness (QED) is 0.491. The van der Waals surface area contributed by atoms with Gasteiger partial charge in [-0.2, -0.15) is 0 Å². The molecule has 0 saturated carbocycles. The molecule has 0 saturated heterocycles. The maximum absolute atomic E-state index is 14.5. The summed E-state index contributed by atoms with van der Waals surface area (Å²) in [7, 11) is 0. The molecule has 10 heteroatoms. The first-order valence-corrected chi connectivity index (χ1v) is 11.5. The monoisotopic (exact) mass is 484 g/mol. The standard InChI is InChI=1S/C24H25FN4O4S/c1-24(2,3)33-23(31)29-10-7-14(8-11-29)20-13-17-21(34-20)19(6-9-27-17)32-18-5-4-15(12-16(18)25)28-22(26)30/h4-7,9,12-13H,8,10-11H2,1-3H3,(H3,26,28,30). The fourth-order valence-electron chi connectivity index (χ4n) is 3.46. The Hall–Kier alpha value is -3.66. The lowest BCUT2D eigenvalue weighted by Crippen LogP contribution is -2.39. The van der Waals surface area contributed by atoms with E-state index in [9.17, 15) is 14.0 Å². The number of benzene rings is 1. The molecule has 0 unspecified atom stereocenters. The molecule has 178 valence electrons. The van der Waals surface area contributed by atoms with E-state index in [1.807, 2.05) is 32.9 Å². The second kappa shape index (κ2) is 9.30. The van der Waals surface area contributed by atoms with E-state index in [0.29, 0.717) is 25.3 Å². The number of hydrogen-bond donors (Lipinski definition) is 2. The van der Waals surface area contributed by atoms with Crippen LogP contribution < -0.4 is 15.8 Å². The zero-order valence-electron chi connectivity index (χ0n) is 19.1. The van der Waals surface area contributed by atoms with E-state index in [2.05, 4.69) is 10.3 Å². The van der Waals surface area contributed by atoms with Crippen molar-refractivity contribution in [2.24, 2.45) is 5.73 Å². The van der Waals surface area contributed by atoms with Crippen molar-refractivity contribution in [1.82, 2.24) is 9.88 Å². The van der Waals surface area contributed by atoms with E-state index in [0.717, 1.165) is 26.7 Å². The maximum atomic E-state index is 14.5. The molecule has 2 aromatic heterocycles. The van der Waals surface area contributed by atoms with Crippen LogP contribution in [-0.2, 0) is 4.74 Å². The highest BCUT2D eigenvalue weighted by Crippen LogP contribution is 2.39. The summed E-state index contributed by atoms with van der Waals surface area (Å²) in [5.74, 6) is -0.143. The molecule has 3 amide bonds. The van der Waals surface area contributed by atoms with Crippen LogP contribution in [0.2, 0.25) is 0 Å². The Labute approximate surface area is 200 Å². The van der Waals surface area contributed by atoms with Crippen LogP contribution in [0.15, 0.2) is 42.6 Å². The van der Waals surface area contributed by atoms with Gasteiger partial charge in [-0.1, -0.05) is 6.08 Å². The van der Waals surface area contributed by atoms with Crippen molar-refractivity contribution in [3.8, 4) is 11.5 Å². The number of anilines is 1. The first-order chi connectivity index (χ1) is 16.1. The Morgan fingerprint density at radius 2 is 2.00 bits per heavy atom. The van der Waals surface area contributed by atoms with Gasteiger partial charge in [-0.25, -0.2) is 14.0 Å². The van der Waals surface area contributed by atoms with E-state index in [1.165, 1.54) is 23.5 Å². The van der Waals surface area contributed by atoms with Gasteiger partial charge in [0.2, 0.25) is 0 Å². The van der Waals surface area contributed by atoms with Crippen LogP contribution in [0.25, 0.3) is 15.8 Å². The highest BCUT2D eigenvalue weighted by molar-refractivity contribution is 7.20. The van der Waals surface area contributed by atoms with Crippen molar-refractivity contribution in [3.63, 3.8) is 0 Å². The van der Waals surface area contributed by atoms with Gasteiger partial charge in [0.05, 0.1) is 10.2 Å². The average Bonchev–Trinajstić information content (AvgIpc) is 3.19. The molecule has 0 fully saturated rings. The lowest BCUT2D eigenvalue weighted by Gasteiger charge is -2.29. The molecule has 8 nitrogen and oxygen atoms in total.